The molecule has 0 atom stereocenters. The van der Waals surface area contributed by atoms with E-state index in [9.17, 15) is 0 Å². The Morgan fingerprint density at radius 3 is 2.67 bits per heavy atom. The van der Waals surface area contributed by atoms with Crippen LogP contribution >= 0.6 is 0 Å². The molecule has 1 heterocycles. The van der Waals surface area contributed by atoms with Gasteiger partial charge in [-0.15, -0.1) is 0 Å². The highest BCUT2D eigenvalue weighted by Crippen LogP contribution is 2.21. The first-order valence-corrected chi connectivity index (χ1v) is 7.89. The Balaban J connectivity index is 2.41. The van der Waals surface area contributed by atoms with Gasteiger partial charge in [0.25, 0.3) is 0 Å². The molecule has 0 fully saturated rings. The zero-order chi connectivity index (χ0) is 15.4. The number of nitrogens with one attached hydrogen (secondary N) is 1. The molecule has 0 spiro atoms. The Labute approximate surface area is 128 Å². The van der Waals surface area contributed by atoms with Gasteiger partial charge in [-0.3, -0.25) is 0 Å². The van der Waals surface area contributed by atoms with E-state index in [2.05, 4.69) is 67.9 Å². The van der Waals surface area contributed by atoms with Crippen molar-refractivity contribution in [2.24, 2.45) is 0 Å². The highest BCUT2D eigenvalue weighted by molar-refractivity contribution is 5.44. The van der Waals surface area contributed by atoms with Gasteiger partial charge >= 0.3 is 0 Å². The molecule has 0 bridgehead atoms. The van der Waals surface area contributed by atoms with Crippen LogP contribution in [0.3, 0.4) is 0 Å². The predicted molar refractivity (Wildman–Crippen MR) is 89.0 cm³/mol. The van der Waals surface area contributed by atoms with Gasteiger partial charge in [-0.05, 0) is 37.5 Å². The van der Waals surface area contributed by atoms with E-state index in [0.717, 1.165) is 19.4 Å². The maximum absolute atomic E-state index is 4.66. The molecule has 1 N–H and O–H groups in total. The second-order valence-corrected chi connectivity index (χ2v) is 6.10. The van der Waals surface area contributed by atoms with Crippen LogP contribution < -0.4 is 5.32 Å². The van der Waals surface area contributed by atoms with Gasteiger partial charge in [0.1, 0.15) is 0 Å². The zero-order valence-corrected chi connectivity index (χ0v) is 13.9. The molecular formula is C18H27N3. The number of nitrogens with zero attached hydrogens (tertiary/aromatic N) is 2. The first-order valence-electron chi connectivity index (χ1n) is 7.89. The van der Waals surface area contributed by atoms with E-state index >= 15 is 0 Å². The van der Waals surface area contributed by atoms with E-state index in [0.29, 0.717) is 6.04 Å². The molecule has 1 aromatic heterocycles. The fraction of sp³-hybridized carbons (Fsp3) is 0.500. The van der Waals surface area contributed by atoms with Crippen LogP contribution in [0.25, 0.3) is 5.69 Å². The minimum Gasteiger partial charge on any atom is -0.310 e. The Kier molecular flexibility index (Phi) is 5.18. The molecular weight excluding hydrogens is 258 g/mol. The number of aromatic nitrogens is 2. The molecule has 0 saturated carbocycles. The molecule has 0 unspecified atom stereocenters. The zero-order valence-electron chi connectivity index (χ0n) is 13.9. The van der Waals surface area contributed by atoms with E-state index in [4.69, 9.17) is 0 Å². The van der Waals surface area contributed by atoms with Crippen molar-refractivity contribution >= 4 is 0 Å². The van der Waals surface area contributed by atoms with Crippen LogP contribution in [0.15, 0.2) is 24.4 Å². The quantitative estimate of drug-likeness (QED) is 0.871. The topological polar surface area (TPSA) is 29.9 Å². The summed E-state index contributed by atoms with van der Waals surface area (Å²) < 4.78 is 2.13. The molecule has 21 heavy (non-hydrogen) atoms. The summed E-state index contributed by atoms with van der Waals surface area (Å²) in [5.41, 5.74) is 6.39. The summed E-state index contributed by atoms with van der Waals surface area (Å²) in [6.07, 6.45) is 4.20. The van der Waals surface area contributed by atoms with Crippen molar-refractivity contribution < 1.29 is 0 Å². The van der Waals surface area contributed by atoms with Gasteiger partial charge in [0.15, 0.2) is 0 Å². The molecule has 3 heteroatoms. The molecule has 3 nitrogen and oxygen atoms in total. The van der Waals surface area contributed by atoms with Gasteiger partial charge < -0.3 is 5.32 Å². The number of aryl methyl sites for hydroxylation is 2. The lowest BCUT2D eigenvalue weighted by Gasteiger charge is -2.13. The maximum atomic E-state index is 4.66. The number of hydrogen-bond donors (Lipinski definition) is 1. The van der Waals surface area contributed by atoms with Gasteiger partial charge in [-0.25, -0.2) is 4.68 Å². The molecule has 0 aliphatic carbocycles. The highest BCUT2D eigenvalue weighted by atomic mass is 15.3. The Morgan fingerprint density at radius 1 is 1.24 bits per heavy atom. The first-order chi connectivity index (χ1) is 10.0. The van der Waals surface area contributed by atoms with Gasteiger partial charge in [0.05, 0.1) is 11.9 Å². The SMILES string of the molecule is CCCc1c(CNC(C)C)cnn1-c1cc(C)ccc1C. The lowest BCUT2D eigenvalue weighted by Crippen LogP contribution is -2.22. The van der Waals surface area contributed by atoms with Crippen LogP contribution in [0, 0.1) is 13.8 Å². The summed E-state index contributed by atoms with van der Waals surface area (Å²) in [5.74, 6) is 0. The smallest absolute Gasteiger partial charge is 0.0680 e. The summed E-state index contributed by atoms with van der Waals surface area (Å²) >= 11 is 0. The second kappa shape index (κ2) is 6.90. The summed E-state index contributed by atoms with van der Waals surface area (Å²) in [4.78, 5) is 0. The summed E-state index contributed by atoms with van der Waals surface area (Å²) in [7, 11) is 0. The summed E-state index contributed by atoms with van der Waals surface area (Å²) in [5, 5.41) is 8.16. The Morgan fingerprint density at radius 2 is 2.00 bits per heavy atom. The van der Waals surface area contributed by atoms with E-state index in [1.165, 1.54) is 28.1 Å². The average molecular weight is 285 g/mol. The third-order valence-electron chi connectivity index (χ3n) is 3.74. The monoisotopic (exact) mass is 285 g/mol. The van der Waals surface area contributed by atoms with Crippen molar-refractivity contribution in [2.45, 2.75) is 60.0 Å². The lowest BCUT2D eigenvalue weighted by atomic mass is 10.1. The summed E-state index contributed by atoms with van der Waals surface area (Å²) in [6.45, 7) is 11.7. The van der Waals surface area contributed by atoms with Gasteiger partial charge in [-0.2, -0.15) is 5.10 Å². The van der Waals surface area contributed by atoms with Crippen molar-refractivity contribution in [1.82, 2.24) is 15.1 Å². The van der Waals surface area contributed by atoms with Crippen LogP contribution in [0.2, 0.25) is 0 Å². The Hall–Kier alpha value is -1.61. The molecule has 0 radical (unpaired) electrons. The predicted octanol–water partition coefficient (Wildman–Crippen LogP) is 3.94. The van der Waals surface area contributed by atoms with Gasteiger partial charge in [-0.1, -0.05) is 39.3 Å². The van der Waals surface area contributed by atoms with Crippen LogP contribution in [0.4, 0.5) is 0 Å². The standard InChI is InChI=1S/C18H27N3/c1-6-7-17-16(11-19-13(2)3)12-20-21(17)18-10-14(4)8-9-15(18)5/h8-10,12-13,19H,6-7,11H2,1-5H3. The molecule has 114 valence electrons. The highest BCUT2D eigenvalue weighted by Gasteiger charge is 2.13. The van der Waals surface area contributed by atoms with Crippen molar-refractivity contribution in [3.63, 3.8) is 0 Å². The average Bonchev–Trinajstić information content (AvgIpc) is 2.82. The molecule has 1 aromatic carbocycles. The molecule has 0 aliphatic rings. The minimum atomic E-state index is 0.489. The van der Waals surface area contributed by atoms with Gasteiger partial charge in [0.2, 0.25) is 0 Å². The van der Waals surface area contributed by atoms with Crippen LogP contribution in [-0.4, -0.2) is 15.8 Å². The summed E-state index contributed by atoms with van der Waals surface area (Å²) in [6, 6.07) is 7.04. The lowest BCUT2D eigenvalue weighted by molar-refractivity contribution is 0.585. The van der Waals surface area contributed by atoms with Crippen molar-refractivity contribution in [3.05, 3.63) is 46.8 Å². The number of rotatable bonds is 6. The van der Waals surface area contributed by atoms with E-state index in [1.807, 2.05) is 6.20 Å². The van der Waals surface area contributed by atoms with Crippen LogP contribution in [0.1, 0.15) is 49.6 Å². The Bertz CT molecular complexity index is 597. The third kappa shape index (κ3) is 3.73. The molecule has 0 amide bonds. The van der Waals surface area contributed by atoms with Crippen molar-refractivity contribution in [3.8, 4) is 5.69 Å². The van der Waals surface area contributed by atoms with E-state index in [-0.39, 0.29) is 0 Å². The van der Waals surface area contributed by atoms with Crippen molar-refractivity contribution in [2.75, 3.05) is 0 Å². The largest absolute Gasteiger partial charge is 0.310 e. The van der Waals surface area contributed by atoms with Crippen LogP contribution in [0.5, 0.6) is 0 Å². The molecule has 2 aromatic rings. The normalized spacial score (nSPS) is 11.3. The number of benzene rings is 1. The van der Waals surface area contributed by atoms with E-state index < -0.39 is 0 Å². The third-order valence-corrected chi connectivity index (χ3v) is 3.74. The molecule has 0 aliphatic heterocycles. The number of hydrogen-bond acceptors (Lipinski definition) is 2. The van der Waals surface area contributed by atoms with E-state index in [1.54, 1.807) is 0 Å². The second-order valence-electron chi connectivity index (χ2n) is 6.10. The van der Waals surface area contributed by atoms with Crippen LogP contribution in [-0.2, 0) is 13.0 Å². The first kappa shape index (κ1) is 15.8. The minimum absolute atomic E-state index is 0.489. The molecule has 0 saturated heterocycles. The molecule has 2 rings (SSSR count). The fourth-order valence-electron chi connectivity index (χ4n) is 2.53. The maximum Gasteiger partial charge on any atom is 0.0680 e. The van der Waals surface area contributed by atoms with Gasteiger partial charge in [0, 0.05) is 23.8 Å². The fourth-order valence-corrected chi connectivity index (χ4v) is 2.53. The van der Waals surface area contributed by atoms with Crippen molar-refractivity contribution in [1.29, 1.82) is 0 Å².